The molecule has 5 heteroatoms. The Hall–Kier alpha value is -4.09. The quantitative estimate of drug-likeness (QED) is 0.323. The van der Waals surface area contributed by atoms with Gasteiger partial charge in [-0.15, -0.1) is 0 Å². The summed E-state index contributed by atoms with van der Waals surface area (Å²) in [5.74, 6) is 0.469. The lowest BCUT2D eigenvalue weighted by atomic mass is 9.86. The average Bonchev–Trinajstić information content (AvgIpc) is 3.54. The zero-order valence-corrected chi connectivity index (χ0v) is 20.9. The minimum Gasteiger partial charge on any atom is -0.508 e. The molecule has 0 radical (unpaired) electrons. The van der Waals surface area contributed by atoms with E-state index in [1.807, 2.05) is 53.4 Å². The normalized spacial score (nSPS) is 16.1. The second-order valence-corrected chi connectivity index (χ2v) is 9.40. The van der Waals surface area contributed by atoms with Gasteiger partial charge in [0.2, 0.25) is 0 Å². The first kappa shape index (κ1) is 24.6. The first-order valence-corrected chi connectivity index (χ1v) is 12.7. The number of hydrogen-bond acceptors (Lipinski definition) is 4. The zero-order chi connectivity index (χ0) is 25.8. The number of unbranched alkanes of at least 4 members (excludes halogenated alkanes) is 1. The Morgan fingerprint density at radius 3 is 2.16 bits per heavy atom. The highest BCUT2D eigenvalue weighted by atomic mass is 16.5. The van der Waals surface area contributed by atoms with Crippen molar-refractivity contribution < 1.29 is 19.7 Å². The summed E-state index contributed by atoms with van der Waals surface area (Å²) in [5, 5.41) is 19.8. The standard InChI is InChI=1S/C32H31NO4/c1-37-32-29-12-5-4-11-28(29)31(36)33(32)21-7-6-10-27(22-8-2-3-9-22)30(23-13-17-25(34)18-14-23)24-15-19-26(35)20-16-24/h2-5,8,11-20,32,34-35H,6-7,9-10,21H2,1H3. The number of carbonyl (C=O) groups excluding carboxylic acids is 1. The molecule has 5 nitrogen and oxygen atoms in total. The molecule has 0 aromatic heterocycles. The van der Waals surface area contributed by atoms with Crippen LogP contribution in [-0.4, -0.2) is 34.7 Å². The van der Waals surface area contributed by atoms with Gasteiger partial charge >= 0.3 is 0 Å². The number of allylic oxidation sites excluding steroid dienone is 5. The van der Waals surface area contributed by atoms with Gasteiger partial charge in [-0.1, -0.05) is 60.7 Å². The van der Waals surface area contributed by atoms with Crippen molar-refractivity contribution in [2.45, 2.75) is 31.9 Å². The van der Waals surface area contributed by atoms with E-state index in [0.717, 1.165) is 53.5 Å². The monoisotopic (exact) mass is 493 g/mol. The molecule has 0 saturated heterocycles. The maximum atomic E-state index is 13.0. The van der Waals surface area contributed by atoms with E-state index in [2.05, 4.69) is 18.2 Å². The second kappa shape index (κ2) is 10.9. The predicted molar refractivity (Wildman–Crippen MR) is 145 cm³/mol. The van der Waals surface area contributed by atoms with E-state index in [1.165, 1.54) is 11.1 Å². The van der Waals surface area contributed by atoms with Gasteiger partial charge in [0.1, 0.15) is 11.5 Å². The van der Waals surface area contributed by atoms with Gasteiger partial charge in [0.05, 0.1) is 0 Å². The Labute approximate surface area is 217 Å². The van der Waals surface area contributed by atoms with Crippen LogP contribution in [-0.2, 0) is 4.74 Å². The molecular formula is C32H31NO4. The molecule has 3 aromatic carbocycles. The van der Waals surface area contributed by atoms with Crippen molar-refractivity contribution >= 4 is 11.5 Å². The van der Waals surface area contributed by atoms with Crippen LogP contribution in [0.5, 0.6) is 11.5 Å². The van der Waals surface area contributed by atoms with Crippen LogP contribution in [0.1, 0.15) is 59.0 Å². The average molecular weight is 494 g/mol. The number of carbonyl (C=O) groups is 1. The third kappa shape index (κ3) is 5.09. The van der Waals surface area contributed by atoms with E-state index in [1.54, 1.807) is 31.4 Å². The van der Waals surface area contributed by atoms with Gasteiger partial charge in [-0.25, -0.2) is 0 Å². The number of benzene rings is 3. The van der Waals surface area contributed by atoms with Crippen molar-refractivity contribution in [2.24, 2.45) is 0 Å². The summed E-state index contributed by atoms with van der Waals surface area (Å²) in [7, 11) is 1.65. The lowest BCUT2D eigenvalue weighted by molar-refractivity contribution is -0.0130. The number of aromatic hydroxyl groups is 2. The Morgan fingerprint density at radius 1 is 0.919 bits per heavy atom. The van der Waals surface area contributed by atoms with Crippen molar-refractivity contribution in [3.05, 3.63) is 124 Å². The van der Waals surface area contributed by atoms with Gasteiger partial charge in [0.25, 0.3) is 5.91 Å². The van der Waals surface area contributed by atoms with Crippen LogP contribution >= 0.6 is 0 Å². The molecule has 37 heavy (non-hydrogen) atoms. The summed E-state index contributed by atoms with van der Waals surface area (Å²) in [6, 6.07) is 22.2. The van der Waals surface area contributed by atoms with E-state index in [-0.39, 0.29) is 23.6 Å². The summed E-state index contributed by atoms with van der Waals surface area (Å²) >= 11 is 0. The number of fused-ring (bicyclic) bond motifs is 1. The third-order valence-corrected chi connectivity index (χ3v) is 7.07. The molecule has 2 N–H and O–H groups in total. The van der Waals surface area contributed by atoms with Crippen LogP contribution in [0, 0.1) is 0 Å². The van der Waals surface area contributed by atoms with E-state index in [9.17, 15) is 15.0 Å². The summed E-state index contributed by atoms with van der Waals surface area (Å²) in [4.78, 5) is 14.8. The molecule has 1 heterocycles. The fraction of sp³-hybridized carbons (Fsp3) is 0.219. The van der Waals surface area contributed by atoms with Gasteiger partial charge < -0.3 is 19.8 Å². The van der Waals surface area contributed by atoms with Crippen molar-refractivity contribution in [1.29, 1.82) is 0 Å². The van der Waals surface area contributed by atoms with Gasteiger partial charge in [-0.05, 0) is 83.9 Å². The molecule has 3 aromatic rings. The van der Waals surface area contributed by atoms with E-state index >= 15 is 0 Å². The maximum absolute atomic E-state index is 13.0. The number of phenols is 2. The van der Waals surface area contributed by atoms with Crippen molar-refractivity contribution in [1.82, 2.24) is 4.90 Å². The van der Waals surface area contributed by atoms with Gasteiger partial charge in [0, 0.05) is 24.8 Å². The van der Waals surface area contributed by atoms with Gasteiger partial charge in [-0.2, -0.15) is 0 Å². The highest BCUT2D eigenvalue weighted by Crippen LogP contribution is 2.38. The van der Waals surface area contributed by atoms with Crippen molar-refractivity contribution in [3.8, 4) is 11.5 Å². The van der Waals surface area contributed by atoms with Crippen LogP contribution in [0.4, 0.5) is 0 Å². The molecule has 1 unspecified atom stereocenters. The predicted octanol–water partition coefficient (Wildman–Crippen LogP) is 6.76. The molecule has 1 aliphatic carbocycles. The Kier molecular flexibility index (Phi) is 7.24. The number of amides is 1. The first-order chi connectivity index (χ1) is 18.1. The number of ether oxygens (including phenoxy) is 1. The fourth-order valence-electron chi connectivity index (χ4n) is 5.28. The fourth-order valence-corrected chi connectivity index (χ4v) is 5.28. The van der Waals surface area contributed by atoms with E-state index in [0.29, 0.717) is 6.54 Å². The highest BCUT2D eigenvalue weighted by Gasteiger charge is 2.36. The molecule has 1 aliphatic heterocycles. The van der Waals surface area contributed by atoms with Crippen molar-refractivity contribution in [3.63, 3.8) is 0 Å². The summed E-state index contributed by atoms with van der Waals surface area (Å²) in [6.45, 7) is 0.615. The molecular weight excluding hydrogens is 462 g/mol. The molecule has 0 spiro atoms. The van der Waals surface area contributed by atoms with Crippen LogP contribution in [0.15, 0.2) is 102 Å². The zero-order valence-electron chi connectivity index (χ0n) is 20.9. The largest absolute Gasteiger partial charge is 0.508 e. The molecule has 0 saturated carbocycles. The second-order valence-electron chi connectivity index (χ2n) is 9.40. The minimum absolute atomic E-state index is 0.0230. The van der Waals surface area contributed by atoms with Crippen LogP contribution in [0.3, 0.4) is 0 Å². The molecule has 2 aliphatic rings. The number of rotatable bonds is 9. The number of phenolic OH excluding ortho intramolecular Hbond substituents is 2. The maximum Gasteiger partial charge on any atom is 0.256 e. The van der Waals surface area contributed by atoms with Crippen LogP contribution in [0.2, 0.25) is 0 Å². The first-order valence-electron chi connectivity index (χ1n) is 12.7. The minimum atomic E-state index is -0.343. The molecule has 5 rings (SSSR count). The smallest absolute Gasteiger partial charge is 0.256 e. The molecule has 0 bridgehead atoms. The van der Waals surface area contributed by atoms with E-state index in [4.69, 9.17) is 4.74 Å². The Morgan fingerprint density at radius 2 is 1.57 bits per heavy atom. The van der Waals surface area contributed by atoms with Crippen LogP contribution < -0.4 is 0 Å². The molecule has 188 valence electrons. The van der Waals surface area contributed by atoms with Crippen molar-refractivity contribution in [2.75, 3.05) is 13.7 Å². The summed E-state index contributed by atoms with van der Waals surface area (Å²) in [5.41, 5.74) is 7.26. The number of nitrogens with zero attached hydrogens (tertiary/aromatic N) is 1. The summed E-state index contributed by atoms with van der Waals surface area (Å²) < 4.78 is 5.69. The summed E-state index contributed by atoms with van der Waals surface area (Å²) in [6.07, 6.45) is 9.49. The lowest BCUT2D eigenvalue weighted by Crippen LogP contribution is -2.30. The number of methoxy groups -OCH3 is 1. The van der Waals surface area contributed by atoms with Crippen LogP contribution in [0.25, 0.3) is 5.57 Å². The molecule has 1 amide bonds. The topological polar surface area (TPSA) is 70.0 Å². The number of hydrogen-bond donors (Lipinski definition) is 2. The molecule has 1 atom stereocenters. The van der Waals surface area contributed by atoms with E-state index < -0.39 is 0 Å². The SMILES string of the molecule is COC1c2ccccc2C(=O)N1CCCCC(C1=CC=CC1)=C(c1ccc(O)cc1)c1ccc(O)cc1. The highest BCUT2D eigenvalue weighted by molar-refractivity contribution is 5.98. The Balaban J connectivity index is 1.41. The van der Waals surface area contributed by atoms with Gasteiger partial charge in [0.15, 0.2) is 6.23 Å². The van der Waals surface area contributed by atoms with Gasteiger partial charge in [-0.3, -0.25) is 4.79 Å². The Bertz CT molecular complexity index is 1320. The molecule has 0 fully saturated rings. The third-order valence-electron chi connectivity index (χ3n) is 7.07. The lowest BCUT2D eigenvalue weighted by Gasteiger charge is -2.24.